The maximum absolute atomic E-state index is 11.4. The van der Waals surface area contributed by atoms with E-state index < -0.39 is 5.97 Å². The Kier molecular flexibility index (Phi) is 3.19. The molecule has 2 rings (SSSR count). The van der Waals surface area contributed by atoms with Crippen LogP contribution in [-0.2, 0) is 4.74 Å². The molecule has 18 heavy (non-hydrogen) atoms. The Morgan fingerprint density at radius 2 is 1.61 bits per heavy atom. The molecule has 0 saturated heterocycles. The maximum atomic E-state index is 11.4. The second-order valence-electron chi connectivity index (χ2n) is 3.77. The molecule has 0 radical (unpaired) electrons. The largest absolute Gasteiger partial charge is 0.508 e. The highest BCUT2D eigenvalue weighted by Crippen LogP contribution is 2.27. The molecule has 4 heteroatoms. The Bertz CT molecular complexity index is 573. The van der Waals surface area contributed by atoms with Crippen LogP contribution in [0, 0.1) is 0 Å². The van der Waals surface area contributed by atoms with Gasteiger partial charge in [0.25, 0.3) is 0 Å². The van der Waals surface area contributed by atoms with E-state index in [1.54, 1.807) is 36.4 Å². The Morgan fingerprint density at radius 1 is 1.00 bits per heavy atom. The van der Waals surface area contributed by atoms with Gasteiger partial charge in [-0.25, -0.2) is 4.79 Å². The predicted molar refractivity (Wildman–Crippen MR) is 66.5 cm³/mol. The summed E-state index contributed by atoms with van der Waals surface area (Å²) in [5.74, 6) is -0.539. The van der Waals surface area contributed by atoms with Crippen LogP contribution in [0.2, 0.25) is 0 Å². The average Bonchev–Trinajstić information content (AvgIpc) is 2.39. The minimum atomic E-state index is -0.590. The van der Waals surface area contributed by atoms with Gasteiger partial charge >= 0.3 is 5.97 Å². The van der Waals surface area contributed by atoms with Gasteiger partial charge in [-0.3, -0.25) is 0 Å². The predicted octanol–water partition coefficient (Wildman–Crippen LogP) is 2.55. The summed E-state index contributed by atoms with van der Waals surface area (Å²) < 4.78 is 4.59. The number of aromatic hydroxyl groups is 2. The van der Waals surface area contributed by atoms with Crippen molar-refractivity contribution in [1.29, 1.82) is 0 Å². The smallest absolute Gasteiger partial charge is 0.341 e. The lowest BCUT2D eigenvalue weighted by molar-refractivity contribution is 0.0597. The molecular weight excluding hydrogens is 232 g/mol. The SMILES string of the molecule is COC(=O)c1cc(-c2ccc(O)cc2)ccc1O. The molecule has 0 amide bonds. The Balaban J connectivity index is 2.46. The van der Waals surface area contributed by atoms with E-state index >= 15 is 0 Å². The fraction of sp³-hybridized carbons (Fsp3) is 0.0714. The third-order valence-corrected chi connectivity index (χ3v) is 2.60. The maximum Gasteiger partial charge on any atom is 0.341 e. The number of phenolic OH excluding ortho intramolecular Hbond substituents is 2. The number of benzene rings is 2. The standard InChI is InChI=1S/C14H12O4/c1-18-14(17)12-8-10(4-7-13(12)16)9-2-5-11(15)6-3-9/h2-8,15-16H,1H3. The van der Waals surface area contributed by atoms with E-state index in [0.717, 1.165) is 11.1 Å². The zero-order chi connectivity index (χ0) is 13.1. The summed E-state index contributed by atoms with van der Waals surface area (Å²) >= 11 is 0. The minimum absolute atomic E-state index is 0.114. The number of esters is 1. The van der Waals surface area contributed by atoms with Crippen molar-refractivity contribution < 1.29 is 19.7 Å². The molecule has 0 aliphatic carbocycles. The van der Waals surface area contributed by atoms with Crippen molar-refractivity contribution in [2.45, 2.75) is 0 Å². The quantitative estimate of drug-likeness (QED) is 0.797. The number of phenols is 2. The molecule has 0 unspecified atom stereocenters. The van der Waals surface area contributed by atoms with Crippen molar-refractivity contribution in [2.75, 3.05) is 7.11 Å². The second-order valence-corrected chi connectivity index (χ2v) is 3.77. The molecule has 0 spiro atoms. The number of hydrogen-bond acceptors (Lipinski definition) is 4. The highest BCUT2D eigenvalue weighted by molar-refractivity contribution is 5.94. The Morgan fingerprint density at radius 3 is 2.22 bits per heavy atom. The number of hydrogen-bond donors (Lipinski definition) is 2. The summed E-state index contributed by atoms with van der Waals surface area (Å²) in [7, 11) is 1.26. The van der Waals surface area contributed by atoms with Crippen LogP contribution in [-0.4, -0.2) is 23.3 Å². The van der Waals surface area contributed by atoms with Crippen LogP contribution in [0.1, 0.15) is 10.4 Å². The highest BCUT2D eigenvalue weighted by Gasteiger charge is 2.12. The topological polar surface area (TPSA) is 66.8 Å². The molecule has 2 N–H and O–H groups in total. The molecule has 0 atom stereocenters. The van der Waals surface area contributed by atoms with Crippen molar-refractivity contribution >= 4 is 5.97 Å². The van der Waals surface area contributed by atoms with E-state index in [1.165, 1.54) is 13.2 Å². The molecular formula is C14H12O4. The van der Waals surface area contributed by atoms with Crippen LogP contribution in [0.15, 0.2) is 42.5 Å². The van der Waals surface area contributed by atoms with E-state index in [4.69, 9.17) is 0 Å². The number of carbonyl (C=O) groups excluding carboxylic acids is 1. The van der Waals surface area contributed by atoms with Crippen molar-refractivity contribution in [3.05, 3.63) is 48.0 Å². The molecule has 0 aromatic heterocycles. The van der Waals surface area contributed by atoms with Crippen molar-refractivity contribution in [3.8, 4) is 22.6 Å². The molecule has 0 aliphatic heterocycles. The molecule has 0 aliphatic rings. The first-order valence-corrected chi connectivity index (χ1v) is 5.32. The van der Waals surface area contributed by atoms with E-state index in [2.05, 4.69) is 4.74 Å². The molecule has 2 aromatic rings. The van der Waals surface area contributed by atoms with Crippen LogP contribution >= 0.6 is 0 Å². The third-order valence-electron chi connectivity index (χ3n) is 2.60. The molecule has 4 nitrogen and oxygen atoms in total. The fourth-order valence-corrected chi connectivity index (χ4v) is 1.64. The lowest BCUT2D eigenvalue weighted by atomic mass is 10.0. The van der Waals surface area contributed by atoms with E-state index in [9.17, 15) is 15.0 Å². The van der Waals surface area contributed by atoms with Gasteiger partial charge in [-0.15, -0.1) is 0 Å². The van der Waals surface area contributed by atoms with Gasteiger partial charge < -0.3 is 14.9 Å². The minimum Gasteiger partial charge on any atom is -0.508 e. The zero-order valence-electron chi connectivity index (χ0n) is 9.75. The number of rotatable bonds is 2. The molecule has 92 valence electrons. The fourth-order valence-electron chi connectivity index (χ4n) is 1.64. The van der Waals surface area contributed by atoms with Crippen molar-refractivity contribution in [1.82, 2.24) is 0 Å². The van der Waals surface area contributed by atoms with Gasteiger partial charge in [0, 0.05) is 0 Å². The monoisotopic (exact) mass is 244 g/mol. The van der Waals surface area contributed by atoms with E-state index in [-0.39, 0.29) is 17.1 Å². The van der Waals surface area contributed by atoms with Crippen molar-refractivity contribution in [3.63, 3.8) is 0 Å². The number of methoxy groups -OCH3 is 1. The molecule has 0 saturated carbocycles. The highest BCUT2D eigenvalue weighted by atomic mass is 16.5. The summed E-state index contributed by atoms with van der Waals surface area (Å²) in [5, 5.41) is 18.8. The lowest BCUT2D eigenvalue weighted by Gasteiger charge is -2.06. The first-order chi connectivity index (χ1) is 8.61. The Hall–Kier alpha value is -2.49. The first-order valence-electron chi connectivity index (χ1n) is 5.32. The van der Waals surface area contributed by atoms with Gasteiger partial charge in [0.05, 0.1) is 7.11 Å². The first kappa shape index (κ1) is 12.0. The molecule has 0 bridgehead atoms. The molecule has 2 aromatic carbocycles. The number of carbonyl (C=O) groups is 1. The Labute approximate surface area is 104 Å². The third kappa shape index (κ3) is 2.27. The number of ether oxygens (including phenoxy) is 1. The van der Waals surface area contributed by atoms with Gasteiger partial charge in [-0.1, -0.05) is 18.2 Å². The van der Waals surface area contributed by atoms with Crippen LogP contribution in [0.4, 0.5) is 0 Å². The normalized spacial score (nSPS) is 10.1. The molecule has 0 heterocycles. The summed E-state index contributed by atoms with van der Waals surface area (Å²) in [6, 6.07) is 11.2. The second kappa shape index (κ2) is 4.79. The lowest BCUT2D eigenvalue weighted by Crippen LogP contribution is -2.01. The van der Waals surface area contributed by atoms with Crippen LogP contribution < -0.4 is 0 Å². The molecule has 0 fully saturated rings. The van der Waals surface area contributed by atoms with E-state index in [1.807, 2.05) is 0 Å². The average molecular weight is 244 g/mol. The van der Waals surface area contributed by atoms with Gasteiger partial charge in [0.2, 0.25) is 0 Å². The zero-order valence-corrected chi connectivity index (χ0v) is 9.75. The van der Waals surface area contributed by atoms with Gasteiger partial charge in [-0.05, 0) is 35.4 Å². The van der Waals surface area contributed by atoms with Crippen LogP contribution in [0.5, 0.6) is 11.5 Å². The van der Waals surface area contributed by atoms with Crippen LogP contribution in [0.25, 0.3) is 11.1 Å². The van der Waals surface area contributed by atoms with E-state index in [0.29, 0.717) is 0 Å². The van der Waals surface area contributed by atoms with Crippen LogP contribution in [0.3, 0.4) is 0 Å². The van der Waals surface area contributed by atoms with Crippen molar-refractivity contribution in [2.24, 2.45) is 0 Å². The van der Waals surface area contributed by atoms with Gasteiger partial charge in [-0.2, -0.15) is 0 Å². The summed E-state index contributed by atoms with van der Waals surface area (Å²) in [4.78, 5) is 11.4. The van der Waals surface area contributed by atoms with Gasteiger partial charge in [0.1, 0.15) is 17.1 Å². The summed E-state index contributed by atoms with van der Waals surface area (Å²) in [5.41, 5.74) is 1.70. The summed E-state index contributed by atoms with van der Waals surface area (Å²) in [6.45, 7) is 0. The van der Waals surface area contributed by atoms with Gasteiger partial charge in [0.15, 0.2) is 0 Å². The summed E-state index contributed by atoms with van der Waals surface area (Å²) in [6.07, 6.45) is 0.